The molecule has 2 atom stereocenters. The van der Waals surface area contributed by atoms with Gasteiger partial charge in [0.1, 0.15) is 6.23 Å². The van der Waals surface area contributed by atoms with Gasteiger partial charge in [-0.25, -0.2) is 9.18 Å². The molecule has 1 aliphatic heterocycles. The van der Waals surface area contributed by atoms with E-state index in [-0.39, 0.29) is 6.29 Å². The summed E-state index contributed by atoms with van der Waals surface area (Å²) >= 11 is 0. The van der Waals surface area contributed by atoms with Crippen molar-refractivity contribution in [3.8, 4) is 0 Å². The van der Waals surface area contributed by atoms with Gasteiger partial charge in [0.25, 0.3) is 0 Å². The molecule has 1 fully saturated rings. The number of carbonyl (C=O) groups excluding carboxylic acids is 2. The third kappa shape index (κ3) is 4.00. The number of halogens is 1. The summed E-state index contributed by atoms with van der Waals surface area (Å²) in [6.45, 7) is 3.21. The van der Waals surface area contributed by atoms with Crippen LogP contribution < -0.4 is 5.32 Å². The van der Waals surface area contributed by atoms with Gasteiger partial charge in [0.05, 0.1) is 17.9 Å². The van der Waals surface area contributed by atoms with E-state index >= 15 is 0 Å². The van der Waals surface area contributed by atoms with Crippen molar-refractivity contribution in [2.75, 3.05) is 7.05 Å². The molecular weight excluding hydrogens is 255 g/mol. The van der Waals surface area contributed by atoms with Crippen LogP contribution in [0.15, 0.2) is 12.0 Å². The molecule has 0 bridgehead atoms. The van der Waals surface area contributed by atoms with Crippen molar-refractivity contribution in [2.45, 2.75) is 44.6 Å². The topological polar surface area (TPSA) is 78.9 Å². The maximum Gasteiger partial charge on any atom is 0.323 e. The Morgan fingerprint density at radius 3 is 2.58 bits per heavy atom. The molecule has 108 valence electrons. The molecule has 1 heterocycles. The molecule has 6 nitrogen and oxygen atoms in total. The molecule has 0 radical (unpaired) electrons. The maximum atomic E-state index is 13.0. The number of aldehydes is 1. The Hall–Kier alpha value is -1.47. The fourth-order valence-electron chi connectivity index (χ4n) is 1.91. The van der Waals surface area contributed by atoms with Gasteiger partial charge in [-0.2, -0.15) is 0 Å². The summed E-state index contributed by atoms with van der Waals surface area (Å²) in [7, 11) is 1.39. The molecular formula is C12H19FN2O4. The summed E-state index contributed by atoms with van der Waals surface area (Å²) in [5.41, 5.74) is -1.05. The average Bonchev–Trinajstić information content (AvgIpc) is 2.83. The lowest BCUT2D eigenvalue weighted by Gasteiger charge is -2.29. The van der Waals surface area contributed by atoms with Crippen molar-refractivity contribution in [1.82, 2.24) is 10.2 Å². The summed E-state index contributed by atoms with van der Waals surface area (Å²) < 4.78 is 18.6. The Kier molecular flexibility index (Phi) is 5.02. The Labute approximate surface area is 111 Å². The molecule has 0 saturated carbocycles. The highest BCUT2D eigenvalue weighted by atomic mass is 19.1. The first kappa shape index (κ1) is 15.6. The number of rotatable bonds is 4. The minimum absolute atomic E-state index is 0.0123. The van der Waals surface area contributed by atoms with E-state index in [0.29, 0.717) is 12.8 Å². The van der Waals surface area contributed by atoms with Gasteiger partial charge in [0.2, 0.25) is 0 Å². The highest BCUT2D eigenvalue weighted by Gasteiger charge is 2.39. The molecule has 1 rings (SSSR count). The van der Waals surface area contributed by atoms with Crippen LogP contribution in [0.3, 0.4) is 0 Å². The van der Waals surface area contributed by atoms with Gasteiger partial charge in [0.15, 0.2) is 12.1 Å². The Morgan fingerprint density at radius 1 is 1.53 bits per heavy atom. The molecule has 0 aromatic carbocycles. The lowest BCUT2D eigenvalue weighted by atomic mass is 9.99. The molecule has 2 N–H and O–H groups in total. The Balaban J connectivity index is 2.84. The van der Waals surface area contributed by atoms with Crippen LogP contribution in [0.2, 0.25) is 0 Å². The highest BCUT2D eigenvalue weighted by molar-refractivity contribution is 5.77. The number of carbonyl (C=O) groups is 2. The molecule has 2 unspecified atom stereocenters. The van der Waals surface area contributed by atoms with E-state index in [2.05, 4.69) is 5.32 Å². The van der Waals surface area contributed by atoms with Gasteiger partial charge in [-0.05, 0) is 26.7 Å². The van der Waals surface area contributed by atoms with Crippen LogP contribution in [0, 0.1) is 0 Å². The molecule has 19 heavy (non-hydrogen) atoms. The van der Waals surface area contributed by atoms with Crippen LogP contribution in [0.5, 0.6) is 0 Å². The molecule has 1 saturated heterocycles. The second-order valence-electron chi connectivity index (χ2n) is 4.90. The van der Waals surface area contributed by atoms with Gasteiger partial charge in [-0.1, -0.05) is 0 Å². The van der Waals surface area contributed by atoms with Crippen LogP contribution in [0.4, 0.5) is 9.18 Å². The minimum atomic E-state index is -1.07. The number of amides is 2. The van der Waals surface area contributed by atoms with Crippen LogP contribution in [-0.4, -0.2) is 47.3 Å². The third-order valence-corrected chi connectivity index (χ3v) is 2.92. The van der Waals surface area contributed by atoms with Crippen molar-refractivity contribution in [2.24, 2.45) is 0 Å². The summed E-state index contributed by atoms with van der Waals surface area (Å²) in [5.74, 6) is -1.07. The largest absolute Gasteiger partial charge is 0.388 e. The lowest BCUT2D eigenvalue weighted by molar-refractivity contribution is -0.108. The first-order chi connectivity index (χ1) is 8.79. The van der Waals surface area contributed by atoms with Crippen molar-refractivity contribution in [1.29, 1.82) is 0 Å². The van der Waals surface area contributed by atoms with E-state index < -0.39 is 29.8 Å². The smallest absolute Gasteiger partial charge is 0.323 e. The van der Waals surface area contributed by atoms with Gasteiger partial charge in [-0.3, -0.25) is 9.69 Å². The van der Waals surface area contributed by atoms with Crippen molar-refractivity contribution in [3.63, 3.8) is 0 Å². The monoisotopic (exact) mass is 274 g/mol. The number of hydrogen-bond acceptors (Lipinski definition) is 4. The average molecular weight is 274 g/mol. The fourth-order valence-corrected chi connectivity index (χ4v) is 1.91. The molecule has 0 aromatic rings. The predicted molar refractivity (Wildman–Crippen MR) is 65.7 cm³/mol. The minimum Gasteiger partial charge on any atom is -0.388 e. The molecule has 0 aliphatic carbocycles. The number of aliphatic hydroxyl groups is 1. The second-order valence-corrected chi connectivity index (χ2v) is 4.90. The molecule has 2 amide bonds. The van der Waals surface area contributed by atoms with E-state index in [1.165, 1.54) is 7.05 Å². The van der Waals surface area contributed by atoms with Gasteiger partial charge >= 0.3 is 6.03 Å². The normalized spacial score (nSPS) is 24.2. The second kappa shape index (κ2) is 6.12. The van der Waals surface area contributed by atoms with Crippen LogP contribution in [0.1, 0.15) is 26.7 Å². The zero-order valence-electron chi connectivity index (χ0n) is 11.2. The fraction of sp³-hybridized carbons (Fsp3) is 0.667. The van der Waals surface area contributed by atoms with Crippen LogP contribution in [-0.2, 0) is 9.53 Å². The van der Waals surface area contributed by atoms with Crippen molar-refractivity contribution < 1.29 is 23.8 Å². The lowest BCUT2D eigenvalue weighted by Crippen LogP contribution is -2.43. The van der Waals surface area contributed by atoms with Crippen LogP contribution in [0.25, 0.3) is 0 Å². The van der Waals surface area contributed by atoms with E-state index in [4.69, 9.17) is 4.74 Å². The van der Waals surface area contributed by atoms with E-state index in [0.717, 1.165) is 11.1 Å². The van der Waals surface area contributed by atoms with Crippen LogP contribution >= 0.6 is 0 Å². The summed E-state index contributed by atoms with van der Waals surface area (Å²) in [5, 5.41) is 12.2. The molecule has 1 aliphatic rings. The van der Waals surface area contributed by atoms with E-state index in [1.54, 1.807) is 13.8 Å². The van der Waals surface area contributed by atoms with Crippen molar-refractivity contribution in [3.05, 3.63) is 12.0 Å². The number of allylic oxidation sites excluding steroid dienone is 1. The summed E-state index contributed by atoms with van der Waals surface area (Å²) in [6, 6.07) is -0.585. The zero-order chi connectivity index (χ0) is 14.6. The van der Waals surface area contributed by atoms with Gasteiger partial charge in [-0.15, -0.1) is 0 Å². The van der Waals surface area contributed by atoms with E-state index in [9.17, 15) is 19.1 Å². The zero-order valence-corrected chi connectivity index (χ0v) is 11.2. The summed E-state index contributed by atoms with van der Waals surface area (Å²) in [4.78, 5) is 22.9. The maximum absolute atomic E-state index is 13.0. The molecule has 0 spiro atoms. The van der Waals surface area contributed by atoms with E-state index in [1.807, 2.05) is 0 Å². The highest BCUT2D eigenvalue weighted by Crippen LogP contribution is 2.30. The number of nitrogens with one attached hydrogen (secondary N) is 1. The third-order valence-electron chi connectivity index (χ3n) is 2.92. The SMILES string of the molecule is CNC(=O)N(/C=C(/F)C=O)C1CCC(C(C)(C)O)O1. The predicted octanol–water partition coefficient (Wildman–Crippen LogP) is 0.914. The standard InChI is InChI=1S/C12H19FN2O4/c1-12(2,18)9-4-5-10(19-9)15(11(17)14-3)6-8(13)7-16/h6-7,9-10,18H,4-5H2,1-3H3,(H,14,17)/b8-6+. The molecule has 0 aromatic heterocycles. The number of urea groups is 1. The molecule has 7 heteroatoms. The van der Waals surface area contributed by atoms with Gasteiger partial charge < -0.3 is 15.2 Å². The summed E-state index contributed by atoms with van der Waals surface area (Å²) in [6.07, 6.45) is 0.643. The first-order valence-electron chi connectivity index (χ1n) is 6.00. The Morgan fingerprint density at radius 2 is 2.16 bits per heavy atom. The van der Waals surface area contributed by atoms with Crippen molar-refractivity contribution >= 4 is 12.3 Å². The Bertz CT molecular complexity index is 378. The quantitative estimate of drug-likeness (QED) is 0.590. The first-order valence-corrected chi connectivity index (χ1v) is 6.00. The number of nitrogens with zero attached hydrogens (tertiary/aromatic N) is 1. The van der Waals surface area contributed by atoms with Gasteiger partial charge in [0, 0.05) is 7.05 Å². The number of hydrogen-bond donors (Lipinski definition) is 2. The number of ether oxygens (including phenoxy) is 1.